The second-order valence-electron chi connectivity index (χ2n) is 4.67. The molecule has 1 aromatic carbocycles. The van der Waals surface area contributed by atoms with Crippen LogP contribution in [0.5, 0.6) is 5.75 Å². The summed E-state index contributed by atoms with van der Waals surface area (Å²) in [5.74, 6) is 0.656. The van der Waals surface area contributed by atoms with Crippen molar-refractivity contribution < 1.29 is 9.15 Å². The molecule has 3 N–H and O–H groups in total. The minimum Gasteiger partial charge on any atom is -0.487 e. The standard InChI is InChI=1S/C18H18N2O2S/c1-3-5-15(4-2)20-11-14(19)12-21-16-8-6-13-7-9-18(23)22-17(13)10-16/h3-11,20H,1-2,12,19H2/b14-11-,15-5+. The number of rotatable bonds is 7. The van der Waals surface area contributed by atoms with Crippen molar-refractivity contribution in [2.75, 3.05) is 6.61 Å². The molecule has 118 valence electrons. The summed E-state index contributed by atoms with van der Waals surface area (Å²) >= 11 is 5.02. The molecule has 0 spiro atoms. The van der Waals surface area contributed by atoms with Gasteiger partial charge in [-0.05, 0) is 48.6 Å². The summed E-state index contributed by atoms with van der Waals surface area (Å²) < 4.78 is 11.6. The second-order valence-corrected chi connectivity index (χ2v) is 5.07. The average Bonchev–Trinajstić information content (AvgIpc) is 2.56. The number of benzene rings is 1. The Bertz CT molecular complexity index is 834. The van der Waals surface area contributed by atoms with E-state index in [4.69, 9.17) is 27.1 Å². The molecular weight excluding hydrogens is 308 g/mol. The summed E-state index contributed by atoms with van der Waals surface area (Å²) in [4.78, 5) is 0. The van der Waals surface area contributed by atoms with Gasteiger partial charge in [-0.3, -0.25) is 0 Å². The third-order valence-electron chi connectivity index (χ3n) is 2.94. The van der Waals surface area contributed by atoms with E-state index in [1.807, 2.05) is 18.2 Å². The Morgan fingerprint density at radius 3 is 2.83 bits per heavy atom. The molecule has 4 nitrogen and oxygen atoms in total. The number of hydrogen-bond acceptors (Lipinski definition) is 5. The molecule has 0 aliphatic carbocycles. The van der Waals surface area contributed by atoms with E-state index in [-0.39, 0.29) is 6.61 Å². The molecule has 0 atom stereocenters. The Morgan fingerprint density at radius 1 is 1.30 bits per heavy atom. The van der Waals surface area contributed by atoms with Crippen LogP contribution in [0.2, 0.25) is 0 Å². The Hall–Kier alpha value is -2.79. The first-order valence-electron chi connectivity index (χ1n) is 6.95. The van der Waals surface area contributed by atoms with E-state index >= 15 is 0 Å². The summed E-state index contributed by atoms with van der Waals surface area (Å²) in [7, 11) is 0. The van der Waals surface area contributed by atoms with Crippen LogP contribution in [0.1, 0.15) is 0 Å². The van der Waals surface area contributed by atoms with E-state index in [9.17, 15) is 0 Å². The van der Waals surface area contributed by atoms with Crippen LogP contribution >= 0.6 is 12.2 Å². The fourth-order valence-corrected chi connectivity index (χ4v) is 1.97. The van der Waals surface area contributed by atoms with Crippen LogP contribution < -0.4 is 15.8 Å². The predicted octanol–water partition coefficient (Wildman–Crippen LogP) is 4.19. The zero-order valence-corrected chi connectivity index (χ0v) is 13.4. The first-order chi connectivity index (χ1) is 11.1. The van der Waals surface area contributed by atoms with Gasteiger partial charge >= 0.3 is 0 Å². The SMILES string of the molecule is C=C/C=C(\C=C)N/C=C(\N)COc1ccc2ccc(=S)oc2c1. The molecule has 0 radical (unpaired) electrons. The van der Waals surface area contributed by atoms with E-state index in [0.717, 1.165) is 11.1 Å². The van der Waals surface area contributed by atoms with Gasteiger partial charge in [0.15, 0.2) is 4.71 Å². The molecular formula is C18H18N2O2S. The summed E-state index contributed by atoms with van der Waals surface area (Å²) in [6, 6.07) is 9.21. The predicted molar refractivity (Wildman–Crippen MR) is 96.4 cm³/mol. The topological polar surface area (TPSA) is 60.4 Å². The maximum absolute atomic E-state index is 5.90. The fourth-order valence-electron chi connectivity index (χ4n) is 1.82. The lowest BCUT2D eigenvalue weighted by atomic mass is 10.2. The van der Waals surface area contributed by atoms with Crippen LogP contribution in [0.25, 0.3) is 11.0 Å². The van der Waals surface area contributed by atoms with Crippen molar-refractivity contribution in [3.8, 4) is 5.75 Å². The number of ether oxygens (including phenoxy) is 1. The first kappa shape index (κ1) is 16.6. The van der Waals surface area contributed by atoms with Gasteiger partial charge < -0.3 is 20.2 Å². The third-order valence-corrected chi connectivity index (χ3v) is 3.16. The van der Waals surface area contributed by atoms with Crippen molar-refractivity contribution in [3.05, 3.63) is 84.0 Å². The highest BCUT2D eigenvalue weighted by molar-refractivity contribution is 7.71. The van der Waals surface area contributed by atoms with Crippen molar-refractivity contribution in [3.63, 3.8) is 0 Å². The molecule has 0 unspecified atom stereocenters. The lowest BCUT2D eigenvalue weighted by Crippen LogP contribution is -2.14. The van der Waals surface area contributed by atoms with Crippen LogP contribution in [0.15, 0.2) is 83.7 Å². The van der Waals surface area contributed by atoms with Gasteiger partial charge in [0.2, 0.25) is 0 Å². The number of nitrogens with one attached hydrogen (secondary N) is 1. The molecule has 1 heterocycles. The highest BCUT2D eigenvalue weighted by Gasteiger charge is 2.00. The van der Waals surface area contributed by atoms with Gasteiger partial charge in [-0.1, -0.05) is 19.2 Å². The van der Waals surface area contributed by atoms with Crippen LogP contribution in [0.3, 0.4) is 0 Å². The Morgan fingerprint density at radius 2 is 2.09 bits per heavy atom. The van der Waals surface area contributed by atoms with Crippen molar-refractivity contribution in [2.24, 2.45) is 5.73 Å². The molecule has 0 saturated heterocycles. The molecule has 0 bridgehead atoms. The smallest absolute Gasteiger partial charge is 0.190 e. The molecule has 1 aromatic heterocycles. The molecule has 0 aliphatic heterocycles. The molecule has 23 heavy (non-hydrogen) atoms. The van der Waals surface area contributed by atoms with Gasteiger partial charge in [-0.25, -0.2) is 0 Å². The lowest BCUT2D eigenvalue weighted by molar-refractivity contribution is 0.349. The third kappa shape index (κ3) is 4.86. The van der Waals surface area contributed by atoms with E-state index < -0.39 is 0 Å². The Labute approximate surface area is 140 Å². The van der Waals surface area contributed by atoms with Crippen LogP contribution in [-0.4, -0.2) is 6.61 Å². The highest BCUT2D eigenvalue weighted by atomic mass is 32.1. The molecule has 2 rings (SSSR count). The fraction of sp³-hybridized carbons (Fsp3) is 0.0556. The van der Waals surface area contributed by atoms with E-state index in [1.165, 1.54) is 0 Å². The van der Waals surface area contributed by atoms with Crippen molar-refractivity contribution >= 4 is 23.2 Å². The molecule has 0 amide bonds. The highest BCUT2D eigenvalue weighted by Crippen LogP contribution is 2.21. The van der Waals surface area contributed by atoms with Gasteiger partial charge in [0.1, 0.15) is 17.9 Å². The molecule has 0 aliphatic rings. The second kappa shape index (κ2) is 8.00. The Kier molecular flexibility index (Phi) is 5.77. The van der Waals surface area contributed by atoms with Crippen molar-refractivity contribution in [1.29, 1.82) is 0 Å². The number of allylic oxidation sites excluding steroid dienone is 3. The van der Waals surface area contributed by atoms with E-state index in [0.29, 0.717) is 21.7 Å². The zero-order valence-electron chi connectivity index (χ0n) is 12.6. The van der Waals surface area contributed by atoms with Gasteiger partial charge in [0.25, 0.3) is 0 Å². The minimum absolute atomic E-state index is 0.241. The quantitative estimate of drug-likeness (QED) is 0.590. The monoisotopic (exact) mass is 326 g/mol. The summed E-state index contributed by atoms with van der Waals surface area (Å²) in [6.07, 6.45) is 6.78. The molecule has 0 saturated carbocycles. The van der Waals surface area contributed by atoms with Crippen LogP contribution in [0, 0.1) is 4.71 Å². The summed E-state index contributed by atoms with van der Waals surface area (Å²) in [5, 5.41) is 3.98. The van der Waals surface area contributed by atoms with Crippen molar-refractivity contribution in [1.82, 2.24) is 5.32 Å². The number of nitrogens with two attached hydrogens (primary N) is 1. The van der Waals surface area contributed by atoms with E-state index in [1.54, 1.807) is 36.6 Å². The minimum atomic E-state index is 0.241. The molecule has 2 aromatic rings. The normalized spacial score (nSPS) is 12.0. The summed E-state index contributed by atoms with van der Waals surface area (Å²) in [5.41, 5.74) is 7.92. The van der Waals surface area contributed by atoms with Crippen LogP contribution in [0.4, 0.5) is 0 Å². The largest absolute Gasteiger partial charge is 0.487 e. The number of hydrogen-bond donors (Lipinski definition) is 2. The maximum atomic E-state index is 5.90. The molecule has 0 fully saturated rings. The maximum Gasteiger partial charge on any atom is 0.190 e. The zero-order chi connectivity index (χ0) is 16.7. The van der Waals surface area contributed by atoms with Gasteiger partial charge in [-0.2, -0.15) is 0 Å². The van der Waals surface area contributed by atoms with Gasteiger partial charge in [0.05, 0.1) is 5.70 Å². The van der Waals surface area contributed by atoms with Crippen molar-refractivity contribution in [2.45, 2.75) is 0 Å². The molecule has 5 heteroatoms. The average molecular weight is 326 g/mol. The number of fused-ring (bicyclic) bond motifs is 1. The first-order valence-corrected chi connectivity index (χ1v) is 7.36. The summed E-state index contributed by atoms with van der Waals surface area (Å²) in [6.45, 7) is 7.55. The van der Waals surface area contributed by atoms with Gasteiger partial charge in [-0.15, -0.1) is 0 Å². The van der Waals surface area contributed by atoms with Crippen LogP contribution in [-0.2, 0) is 0 Å². The lowest BCUT2D eigenvalue weighted by Gasteiger charge is -2.08. The Balaban J connectivity index is 2.02. The van der Waals surface area contributed by atoms with E-state index in [2.05, 4.69) is 18.5 Å². The van der Waals surface area contributed by atoms with Gasteiger partial charge in [0, 0.05) is 23.3 Å².